The van der Waals surface area contributed by atoms with Crippen LogP contribution in [-0.2, 0) is 6.42 Å². The lowest BCUT2D eigenvalue weighted by molar-refractivity contribution is 0.0686. The average Bonchev–Trinajstić information content (AvgIpc) is 3.38. The molecule has 1 saturated carbocycles. The van der Waals surface area contributed by atoms with Crippen LogP contribution in [-0.4, -0.2) is 32.5 Å². The van der Waals surface area contributed by atoms with E-state index >= 15 is 0 Å². The van der Waals surface area contributed by atoms with E-state index < -0.39 is 0 Å². The van der Waals surface area contributed by atoms with Gasteiger partial charge in [0.05, 0.1) is 6.04 Å². The van der Waals surface area contributed by atoms with Crippen molar-refractivity contribution in [3.63, 3.8) is 0 Å². The first-order valence-corrected chi connectivity index (χ1v) is 10.8. The number of hydrogen-bond donors (Lipinski definition) is 2. The van der Waals surface area contributed by atoms with Crippen LogP contribution in [0.3, 0.4) is 0 Å². The summed E-state index contributed by atoms with van der Waals surface area (Å²) in [6.45, 7) is 0.620. The summed E-state index contributed by atoms with van der Waals surface area (Å²) in [6, 6.07) is 17.7. The number of aromatic nitrogens is 3. The van der Waals surface area contributed by atoms with Crippen LogP contribution in [0.15, 0.2) is 54.6 Å². The van der Waals surface area contributed by atoms with Crippen LogP contribution in [0, 0.1) is 0 Å². The van der Waals surface area contributed by atoms with Gasteiger partial charge in [0, 0.05) is 39.8 Å². The number of carbonyl (C=O) groups excluding carboxylic acids is 1. The predicted molar refractivity (Wildman–Crippen MR) is 117 cm³/mol. The molecule has 150 valence electrons. The van der Waals surface area contributed by atoms with Crippen molar-refractivity contribution in [3.05, 3.63) is 87.8 Å². The van der Waals surface area contributed by atoms with Gasteiger partial charge in [0.15, 0.2) is 0 Å². The highest BCUT2D eigenvalue weighted by Gasteiger charge is 2.37. The van der Waals surface area contributed by atoms with Gasteiger partial charge in [-0.15, -0.1) is 0 Å². The monoisotopic (exact) mass is 416 g/mol. The van der Waals surface area contributed by atoms with Crippen LogP contribution < -0.4 is 0 Å². The number of H-pyrrole nitrogens is 2. The molecule has 0 bridgehead atoms. The summed E-state index contributed by atoms with van der Waals surface area (Å²) in [5.74, 6) is 0.465. The Morgan fingerprint density at radius 3 is 2.73 bits per heavy atom. The van der Waals surface area contributed by atoms with Crippen molar-refractivity contribution in [2.24, 2.45) is 0 Å². The fourth-order valence-electron chi connectivity index (χ4n) is 4.68. The molecule has 6 heteroatoms. The van der Waals surface area contributed by atoms with Gasteiger partial charge in [-0.2, -0.15) is 5.10 Å². The standard InChI is InChI=1S/C24H21ClN4O/c25-18-7-3-1-6-17(18)23-22-16(15-5-2-4-8-19(15)26-22)11-12-29(23)24(30)21-13-20(27-28-21)14-9-10-14/h1-8,13-14,23,26H,9-12H2,(H,27,28)/t23-/m0/s1. The first kappa shape index (κ1) is 17.8. The third-order valence-electron chi connectivity index (χ3n) is 6.33. The second-order valence-electron chi connectivity index (χ2n) is 8.22. The second kappa shape index (κ2) is 6.74. The highest BCUT2D eigenvalue weighted by Crippen LogP contribution is 2.42. The summed E-state index contributed by atoms with van der Waals surface area (Å²) in [5, 5.41) is 9.28. The number of fused-ring (bicyclic) bond motifs is 3. The summed E-state index contributed by atoms with van der Waals surface area (Å²) in [5.41, 5.74) is 5.87. The van der Waals surface area contributed by atoms with Crippen molar-refractivity contribution >= 4 is 28.4 Å². The first-order valence-electron chi connectivity index (χ1n) is 10.4. The van der Waals surface area contributed by atoms with Crippen molar-refractivity contribution in [1.29, 1.82) is 0 Å². The van der Waals surface area contributed by atoms with Gasteiger partial charge in [0.2, 0.25) is 0 Å². The molecule has 2 aromatic carbocycles. The molecule has 5 nitrogen and oxygen atoms in total. The van der Waals surface area contributed by atoms with E-state index in [4.69, 9.17) is 11.6 Å². The minimum absolute atomic E-state index is 0.0626. The largest absolute Gasteiger partial charge is 0.356 e. The molecule has 0 unspecified atom stereocenters. The molecule has 4 aromatic rings. The maximum Gasteiger partial charge on any atom is 0.275 e. The molecule has 1 aliphatic carbocycles. The Kier molecular flexibility index (Phi) is 4.00. The average molecular weight is 417 g/mol. The lowest BCUT2D eigenvalue weighted by Crippen LogP contribution is -2.41. The van der Waals surface area contributed by atoms with Gasteiger partial charge in [0.1, 0.15) is 5.69 Å². The Morgan fingerprint density at radius 1 is 1.10 bits per heavy atom. The number of nitrogens with zero attached hydrogens (tertiary/aromatic N) is 2. The van der Waals surface area contributed by atoms with E-state index in [1.54, 1.807) is 0 Å². The van der Waals surface area contributed by atoms with Gasteiger partial charge < -0.3 is 9.88 Å². The number of aromatic amines is 2. The maximum atomic E-state index is 13.6. The third-order valence-corrected chi connectivity index (χ3v) is 6.67. The topological polar surface area (TPSA) is 64.8 Å². The van der Waals surface area contributed by atoms with Crippen LogP contribution >= 0.6 is 11.6 Å². The summed E-state index contributed by atoms with van der Waals surface area (Å²) in [7, 11) is 0. The van der Waals surface area contributed by atoms with E-state index in [0.717, 1.165) is 28.9 Å². The molecule has 3 heterocycles. The van der Waals surface area contributed by atoms with Gasteiger partial charge >= 0.3 is 0 Å². The van der Waals surface area contributed by atoms with E-state index in [0.29, 0.717) is 23.2 Å². The predicted octanol–water partition coefficient (Wildman–Crippen LogP) is 5.21. The Bertz CT molecular complexity index is 1270. The van der Waals surface area contributed by atoms with Crippen LogP contribution in [0.2, 0.25) is 5.02 Å². The minimum atomic E-state index is -0.275. The van der Waals surface area contributed by atoms with E-state index in [1.807, 2.05) is 41.3 Å². The summed E-state index contributed by atoms with van der Waals surface area (Å²) in [4.78, 5) is 19.1. The number of amides is 1. The zero-order chi connectivity index (χ0) is 20.2. The molecule has 1 aliphatic heterocycles. The Hall–Kier alpha value is -3.05. The normalized spacial score (nSPS) is 18.6. The number of nitrogens with one attached hydrogen (secondary N) is 2. The molecule has 1 atom stereocenters. The number of rotatable bonds is 3. The highest BCUT2D eigenvalue weighted by atomic mass is 35.5. The number of carbonyl (C=O) groups is 1. The van der Waals surface area contributed by atoms with E-state index in [1.165, 1.54) is 23.8 Å². The third kappa shape index (κ3) is 2.76. The van der Waals surface area contributed by atoms with E-state index in [2.05, 4.69) is 33.4 Å². The highest BCUT2D eigenvalue weighted by molar-refractivity contribution is 6.31. The van der Waals surface area contributed by atoms with Crippen molar-refractivity contribution < 1.29 is 4.79 Å². The van der Waals surface area contributed by atoms with Crippen molar-refractivity contribution in [3.8, 4) is 0 Å². The van der Waals surface area contributed by atoms with Gasteiger partial charge in [0.25, 0.3) is 5.91 Å². The molecule has 0 radical (unpaired) electrons. The number of benzene rings is 2. The number of halogens is 1. The summed E-state index contributed by atoms with van der Waals surface area (Å²) < 4.78 is 0. The SMILES string of the molecule is O=C(c1cc(C2CC2)[nH]n1)N1CCc2c([nH]c3ccccc23)[C@@H]1c1ccccc1Cl. The first-order chi connectivity index (χ1) is 14.7. The quantitative estimate of drug-likeness (QED) is 0.481. The summed E-state index contributed by atoms with van der Waals surface area (Å²) >= 11 is 6.62. The molecule has 6 rings (SSSR count). The maximum absolute atomic E-state index is 13.6. The smallest absolute Gasteiger partial charge is 0.275 e. The molecule has 0 spiro atoms. The zero-order valence-corrected chi connectivity index (χ0v) is 17.1. The Morgan fingerprint density at radius 2 is 1.90 bits per heavy atom. The molecule has 2 aromatic heterocycles. The van der Waals surface area contributed by atoms with Gasteiger partial charge in [-0.3, -0.25) is 9.89 Å². The lowest BCUT2D eigenvalue weighted by Gasteiger charge is -2.36. The molecule has 0 saturated heterocycles. The zero-order valence-electron chi connectivity index (χ0n) is 16.4. The molecule has 2 N–H and O–H groups in total. The second-order valence-corrected chi connectivity index (χ2v) is 8.63. The minimum Gasteiger partial charge on any atom is -0.356 e. The summed E-state index contributed by atoms with van der Waals surface area (Å²) in [6.07, 6.45) is 3.13. The lowest BCUT2D eigenvalue weighted by atomic mass is 9.92. The van der Waals surface area contributed by atoms with Crippen molar-refractivity contribution in [1.82, 2.24) is 20.1 Å². The molecule has 2 aliphatic rings. The Labute approximate surface area is 179 Å². The van der Waals surface area contributed by atoms with Crippen LogP contribution in [0.5, 0.6) is 0 Å². The fraction of sp³-hybridized carbons (Fsp3) is 0.250. The van der Waals surface area contributed by atoms with Crippen LogP contribution in [0.4, 0.5) is 0 Å². The van der Waals surface area contributed by atoms with Gasteiger partial charge in [-0.25, -0.2) is 0 Å². The van der Waals surface area contributed by atoms with Gasteiger partial charge in [-0.1, -0.05) is 48.0 Å². The van der Waals surface area contributed by atoms with Crippen molar-refractivity contribution in [2.45, 2.75) is 31.2 Å². The van der Waals surface area contributed by atoms with E-state index in [9.17, 15) is 4.79 Å². The molecule has 30 heavy (non-hydrogen) atoms. The van der Waals surface area contributed by atoms with Gasteiger partial charge in [-0.05, 0) is 48.6 Å². The molecular weight excluding hydrogens is 396 g/mol. The molecular formula is C24H21ClN4O. The van der Waals surface area contributed by atoms with E-state index in [-0.39, 0.29) is 11.9 Å². The van der Waals surface area contributed by atoms with Crippen molar-refractivity contribution in [2.75, 3.05) is 6.54 Å². The number of hydrogen-bond acceptors (Lipinski definition) is 2. The molecule has 1 fully saturated rings. The van der Waals surface area contributed by atoms with Crippen LogP contribution in [0.1, 0.15) is 57.8 Å². The number of para-hydroxylation sites is 1. The fourth-order valence-corrected chi connectivity index (χ4v) is 4.92. The molecule has 1 amide bonds. The Balaban J connectivity index is 1.48. The van der Waals surface area contributed by atoms with Crippen LogP contribution in [0.25, 0.3) is 10.9 Å².